The van der Waals surface area contributed by atoms with Gasteiger partial charge in [-0.25, -0.2) is 9.78 Å². The van der Waals surface area contributed by atoms with E-state index in [2.05, 4.69) is 37.0 Å². The molecule has 1 heterocycles. The second-order valence-electron chi connectivity index (χ2n) is 8.29. The second kappa shape index (κ2) is 11.1. The number of aromatic carboxylic acids is 1. The highest BCUT2D eigenvalue weighted by Gasteiger charge is 2.13. The van der Waals surface area contributed by atoms with Gasteiger partial charge in [-0.2, -0.15) is 9.78 Å². The van der Waals surface area contributed by atoms with Gasteiger partial charge in [-0.3, -0.25) is 4.79 Å². The summed E-state index contributed by atoms with van der Waals surface area (Å²) >= 11 is 7.08. The molecule has 7 nitrogen and oxygen atoms in total. The summed E-state index contributed by atoms with van der Waals surface area (Å²) in [7, 11) is 0. The number of carbonyl (C=O) groups is 1. The second-order valence-corrected chi connectivity index (χ2v) is 10.00. The van der Waals surface area contributed by atoms with Gasteiger partial charge in [0, 0.05) is 5.56 Å². The molecule has 0 aliphatic carbocycles. The zero-order valence-electron chi connectivity index (χ0n) is 19.7. The third-order valence-corrected chi connectivity index (χ3v) is 6.86. The van der Waals surface area contributed by atoms with E-state index < -0.39 is 5.97 Å². The van der Waals surface area contributed by atoms with Gasteiger partial charge < -0.3 is 9.84 Å². The van der Waals surface area contributed by atoms with Crippen LogP contribution in [0.15, 0.2) is 110 Å². The van der Waals surface area contributed by atoms with Gasteiger partial charge in [-0.05, 0) is 79.4 Å². The van der Waals surface area contributed by atoms with E-state index in [1.165, 1.54) is 10.7 Å². The molecule has 9 heteroatoms. The molecule has 1 aromatic heterocycles. The molecule has 0 atom stereocenters. The minimum absolute atomic E-state index is 0.185. The van der Waals surface area contributed by atoms with Gasteiger partial charge in [0.1, 0.15) is 12.4 Å². The lowest BCUT2D eigenvalue weighted by atomic mass is 10.1. The van der Waals surface area contributed by atoms with Crippen molar-refractivity contribution < 1.29 is 14.6 Å². The van der Waals surface area contributed by atoms with E-state index in [0.717, 1.165) is 11.1 Å². The summed E-state index contributed by atoms with van der Waals surface area (Å²) in [4.78, 5) is 29.3. The fourth-order valence-electron chi connectivity index (χ4n) is 3.87. The quantitative estimate of drug-likeness (QED) is 0.200. The van der Waals surface area contributed by atoms with E-state index in [1.54, 1.807) is 36.5 Å². The molecule has 38 heavy (non-hydrogen) atoms. The van der Waals surface area contributed by atoms with Crippen LogP contribution in [0, 0.1) is 0 Å². The Balaban J connectivity index is 1.46. The van der Waals surface area contributed by atoms with Gasteiger partial charge in [0.2, 0.25) is 0 Å². The average Bonchev–Trinajstić information content (AvgIpc) is 2.92. The van der Waals surface area contributed by atoms with E-state index >= 15 is 0 Å². The zero-order chi connectivity index (χ0) is 26.6. The first kappa shape index (κ1) is 25.6. The maximum absolute atomic E-state index is 13.4. The predicted molar refractivity (Wildman–Crippen MR) is 154 cm³/mol. The molecule has 0 saturated heterocycles. The molecule has 5 rings (SSSR count). The molecule has 0 spiro atoms. The van der Waals surface area contributed by atoms with Gasteiger partial charge >= 0.3 is 5.97 Å². The molecule has 188 valence electrons. The fraction of sp³-hybridized carbons (Fsp3) is 0.0345. The molecular formula is C29H19Br2N3O4. The first-order valence-electron chi connectivity index (χ1n) is 11.5. The topological polar surface area (TPSA) is 93.8 Å². The molecule has 0 unspecified atom stereocenters. The molecule has 1 N–H and O–H groups in total. The van der Waals surface area contributed by atoms with Crippen LogP contribution in [-0.2, 0) is 6.61 Å². The van der Waals surface area contributed by atoms with Crippen LogP contribution < -0.4 is 10.3 Å². The number of fused-ring (bicyclic) bond motifs is 1. The monoisotopic (exact) mass is 631 g/mol. The number of hydrogen-bond donors (Lipinski definition) is 1. The highest BCUT2D eigenvalue weighted by molar-refractivity contribution is 9.11. The number of para-hydroxylation sites is 1. The Morgan fingerprint density at radius 1 is 0.947 bits per heavy atom. The Kier molecular flexibility index (Phi) is 7.48. The summed E-state index contributed by atoms with van der Waals surface area (Å²) in [6.07, 6.45) is 1.58. The minimum atomic E-state index is -0.992. The van der Waals surface area contributed by atoms with E-state index in [-0.39, 0.29) is 17.7 Å². The number of nitrogens with zero attached hydrogens (tertiary/aromatic N) is 3. The first-order valence-corrected chi connectivity index (χ1v) is 13.0. The van der Waals surface area contributed by atoms with Crippen LogP contribution in [0.1, 0.15) is 21.5 Å². The summed E-state index contributed by atoms with van der Waals surface area (Å²) < 4.78 is 8.58. The lowest BCUT2D eigenvalue weighted by Crippen LogP contribution is -2.20. The van der Waals surface area contributed by atoms with Gasteiger partial charge in [0.25, 0.3) is 5.56 Å². The van der Waals surface area contributed by atoms with Crippen molar-refractivity contribution in [3.05, 3.63) is 127 Å². The SMILES string of the molecule is O=C(O)c1cccc(COc2c(Br)cc(C=Nn3c(-c4ccccc4)nc4ccccc4c3=O)cc2Br)c1. The van der Waals surface area contributed by atoms with Crippen LogP contribution in [0.2, 0.25) is 0 Å². The molecular weight excluding hydrogens is 614 g/mol. The number of rotatable bonds is 7. The van der Waals surface area contributed by atoms with Crippen LogP contribution in [0.4, 0.5) is 0 Å². The molecule has 0 aliphatic heterocycles. The fourth-order valence-corrected chi connectivity index (χ4v) is 5.32. The first-order chi connectivity index (χ1) is 18.4. The van der Waals surface area contributed by atoms with Crippen molar-refractivity contribution >= 4 is 54.9 Å². The van der Waals surface area contributed by atoms with Crippen LogP contribution >= 0.6 is 31.9 Å². The van der Waals surface area contributed by atoms with Gasteiger partial charge in [0.15, 0.2) is 5.82 Å². The summed E-state index contributed by atoms with van der Waals surface area (Å²) in [5, 5.41) is 14.2. The Hall–Kier alpha value is -4.08. The van der Waals surface area contributed by atoms with Crippen LogP contribution in [-0.4, -0.2) is 27.0 Å². The number of aromatic nitrogens is 2. The molecule has 4 aromatic carbocycles. The maximum Gasteiger partial charge on any atom is 0.335 e. The Morgan fingerprint density at radius 3 is 2.39 bits per heavy atom. The van der Waals surface area contributed by atoms with Gasteiger partial charge in [-0.15, -0.1) is 0 Å². The summed E-state index contributed by atoms with van der Waals surface area (Å²) in [6, 6.07) is 26.8. The van der Waals surface area contributed by atoms with Crippen molar-refractivity contribution in [2.75, 3.05) is 0 Å². The largest absolute Gasteiger partial charge is 0.487 e. The molecule has 0 fully saturated rings. The Bertz CT molecular complexity index is 1730. The van der Waals surface area contributed by atoms with Crippen LogP contribution in [0.3, 0.4) is 0 Å². The summed E-state index contributed by atoms with van der Waals surface area (Å²) in [5.74, 6) is -0.00129. The van der Waals surface area contributed by atoms with Crippen LogP contribution in [0.25, 0.3) is 22.3 Å². The van der Waals surface area contributed by atoms with Crippen molar-refractivity contribution in [3.63, 3.8) is 0 Å². The van der Waals surface area contributed by atoms with Gasteiger partial charge in [-0.1, -0.05) is 54.6 Å². The third-order valence-electron chi connectivity index (χ3n) is 5.69. The maximum atomic E-state index is 13.4. The van der Waals surface area contributed by atoms with E-state index in [0.29, 0.717) is 37.0 Å². The smallest absolute Gasteiger partial charge is 0.335 e. The van der Waals surface area contributed by atoms with Gasteiger partial charge in [0.05, 0.1) is 31.6 Å². The standard InChI is InChI=1S/C29H19Br2N3O4/c30-23-14-19(15-24(31)26(23)38-17-18-7-6-10-21(13-18)29(36)37)16-32-34-27(20-8-2-1-3-9-20)33-25-12-5-4-11-22(25)28(34)35/h1-16H,17H2,(H,36,37). The number of benzene rings is 4. The van der Waals surface area contributed by atoms with Crippen molar-refractivity contribution in [3.8, 4) is 17.1 Å². The highest BCUT2D eigenvalue weighted by atomic mass is 79.9. The predicted octanol–water partition coefficient (Wildman–Crippen LogP) is 6.75. The molecule has 5 aromatic rings. The molecule has 0 bridgehead atoms. The number of hydrogen-bond acceptors (Lipinski definition) is 5. The van der Waals surface area contributed by atoms with Crippen molar-refractivity contribution in [2.45, 2.75) is 6.61 Å². The zero-order valence-corrected chi connectivity index (χ0v) is 22.9. The highest BCUT2D eigenvalue weighted by Crippen LogP contribution is 2.35. The number of carboxylic acids is 1. The number of carboxylic acid groups (broad SMARTS) is 1. The number of ether oxygens (including phenoxy) is 1. The van der Waals surface area contributed by atoms with Crippen molar-refractivity contribution in [2.24, 2.45) is 5.10 Å². The van der Waals surface area contributed by atoms with E-state index in [4.69, 9.17) is 9.72 Å². The Labute approximate surface area is 234 Å². The Morgan fingerprint density at radius 2 is 1.66 bits per heavy atom. The van der Waals surface area contributed by atoms with Crippen LogP contribution in [0.5, 0.6) is 5.75 Å². The lowest BCUT2D eigenvalue weighted by Gasteiger charge is -2.12. The number of halogens is 2. The van der Waals surface area contributed by atoms with Crippen molar-refractivity contribution in [1.29, 1.82) is 0 Å². The molecule has 0 aliphatic rings. The normalized spacial score (nSPS) is 11.2. The molecule has 0 radical (unpaired) electrons. The van der Waals surface area contributed by atoms with E-state index in [9.17, 15) is 14.7 Å². The van der Waals surface area contributed by atoms with E-state index in [1.807, 2.05) is 54.6 Å². The minimum Gasteiger partial charge on any atom is -0.487 e. The summed E-state index contributed by atoms with van der Waals surface area (Å²) in [5.41, 5.74) is 2.74. The average molecular weight is 633 g/mol. The van der Waals surface area contributed by atoms with Crippen molar-refractivity contribution in [1.82, 2.24) is 9.66 Å². The summed E-state index contributed by atoms with van der Waals surface area (Å²) in [6.45, 7) is 0.185. The molecule has 0 saturated carbocycles. The lowest BCUT2D eigenvalue weighted by molar-refractivity contribution is 0.0696. The third kappa shape index (κ3) is 5.44. The molecule has 0 amide bonds.